The van der Waals surface area contributed by atoms with Crippen LogP contribution in [0.1, 0.15) is 20.3 Å². The van der Waals surface area contributed by atoms with Gasteiger partial charge in [0.15, 0.2) is 0 Å². The van der Waals surface area contributed by atoms with Crippen LogP contribution in [0, 0.1) is 5.41 Å². The molecule has 1 aliphatic carbocycles. The number of halogens is 1. The number of nitrogens with two attached hydrogens (primary N) is 1. The zero-order valence-corrected chi connectivity index (χ0v) is 8.85. The molecule has 0 radical (unpaired) electrons. The Morgan fingerprint density at radius 1 is 1.62 bits per heavy atom. The Balaban J connectivity index is 0.00000144. The molecular weight excluding hydrogens is 194 g/mol. The van der Waals surface area contributed by atoms with E-state index in [1.54, 1.807) is 13.8 Å². The van der Waals surface area contributed by atoms with Crippen molar-refractivity contribution in [2.45, 2.75) is 31.9 Å². The first-order valence-corrected chi connectivity index (χ1v) is 3.91. The van der Waals surface area contributed by atoms with Gasteiger partial charge in [0.05, 0.1) is 13.2 Å². The number of methoxy groups -OCH3 is 1. The van der Waals surface area contributed by atoms with Gasteiger partial charge in [0.2, 0.25) is 0 Å². The summed E-state index contributed by atoms with van der Waals surface area (Å²) in [5, 5.41) is 9.37. The summed E-state index contributed by atoms with van der Waals surface area (Å²) in [6, 6.07) is 0. The van der Waals surface area contributed by atoms with Crippen LogP contribution in [-0.4, -0.2) is 29.8 Å². The number of esters is 1. The third kappa shape index (κ3) is 1.43. The minimum absolute atomic E-state index is 0. The normalized spacial score (nSPS) is 35.6. The highest BCUT2D eigenvalue weighted by Gasteiger charge is 2.62. The van der Waals surface area contributed by atoms with Crippen LogP contribution in [0.4, 0.5) is 0 Å². The molecule has 0 heterocycles. The van der Waals surface area contributed by atoms with Gasteiger partial charge in [0.25, 0.3) is 0 Å². The van der Waals surface area contributed by atoms with Gasteiger partial charge < -0.3 is 15.6 Å². The molecule has 1 rings (SSSR count). The number of aliphatic hydroxyl groups is 1. The summed E-state index contributed by atoms with van der Waals surface area (Å²) in [7, 11) is 1.30. The van der Waals surface area contributed by atoms with E-state index < -0.39 is 23.0 Å². The van der Waals surface area contributed by atoms with Crippen LogP contribution in [0.5, 0.6) is 0 Å². The number of ether oxygens (including phenoxy) is 1. The molecule has 2 atom stereocenters. The summed E-state index contributed by atoms with van der Waals surface area (Å²) in [6.07, 6.45) is -0.228. The van der Waals surface area contributed by atoms with E-state index in [0.717, 1.165) is 0 Å². The Hall–Kier alpha value is -0.320. The molecule has 0 aromatic carbocycles. The molecule has 3 N–H and O–H groups in total. The molecule has 1 saturated carbocycles. The smallest absolute Gasteiger partial charge is 0.326 e. The maximum atomic E-state index is 11.2. The van der Waals surface area contributed by atoms with Gasteiger partial charge in [-0.25, -0.2) is 0 Å². The summed E-state index contributed by atoms with van der Waals surface area (Å²) in [5.41, 5.74) is 4.19. The largest absolute Gasteiger partial charge is 0.468 e. The van der Waals surface area contributed by atoms with E-state index in [-0.39, 0.29) is 18.8 Å². The molecule has 1 fully saturated rings. The van der Waals surface area contributed by atoms with Gasteiger partial charge in [-0.1, -0.05) is 13.8 Å². The number of carbonyl (C=O) groups is 1. The fraction of sp³-hybridized carbons (Fsp3) is 0.875. The van der Waals surface area contributed by atoms with Crippen LogP contribution in [0.15, 0.2) is 0 Å². The fourth-order valence-corrected chi connectivity index (χ4v) is 1.52. The highest BCUT2D eigenvalue weighted by atomic mass is 35.5. The van der Waals surface area contributed by atoms with Gasteiger partial charge in [-0.15, -0.1) is 12.4 Å². The third-order valence-corrected chi connectivity index (χ3v) is 3.05. The van der Waals surface area contributed by atoms with Crippen molar-refractivity contribution in [3.05, 3.63) is 0 Å². The summed E-state index contributed by atoms with van der Waals surface area (Å²) in [6.45, 7) is 3.52. The predicted octanol–water partition coefficient (Wildman–Crippen LogP) is 0.0695. The van der Waals surface area contributed by atoms with Crippen LogP contribution >= 0.6 is 12.4 Å². The lowest BCUT2D eigenvalue weighted by molar-refractivity contribution is -0.178. The molecule has 1 aliphatic rings. The minimum atomic E-state index is -1.01. The van der Waals surface area contributed by atoms with Crippen molar-refractivity contribution in [3.63, 3.8) is 0 Å². The molecule has 0 bridgehead atoms. The number of hydrogen-bond acceptors (Lipinski definition) is 4. The number of carbonyl (C=O) groups excluding carboxylic acids is 1. The molecule has 78 valence electrons. The van der Waals surface area contributed by atoms with Gasteiger partial charge in [0, 0.05) is 11.8 Å². The van der Waals surface area contributed by atoms with Crippen molar-refractivity contribution in [2.24, 2.45) is 11.1 Å². The van der Waals surface area contributed by atoms with Crippen LogP contribution in [0.25, 0.3) is 0 Å². The molecule has 0 saturated heterocycles. The van der Waals surface area contributed by atoms with Crippen LogP contribution in [0.3, 0.4) is 0 Å². The highest BCUT2D eigenvalue weighted by molar-refractivity contribution is 5.85. The number of hydrogen-bond donors (Lipinski definition) is 2. The van der Waals surface area contributed by atoms with Crippen molar-refractivity contribution >= 4 is 18.4 Å². The number of rotatable bonds is 1. The first-order chi connectivity index (χ1) is 5.36. The molecule has 0 aromatic rings. The average molecular weight is 210 g/mol. The third-order valence-electron chi connectivity index (χ3n) is 3.05. The second kappa shape index (κ2) is 3.44. The molecule has 0 spiro atoms. The van der Waals surface area contributed by atoms with Crippen molar-refractivity contribution in [2.75, 3.05) is 7.11 Å². The minimum Gasteiger partial charge on any atom is -0.468 e. The van der Waals surface area contributed by atoms with E-state index in [1.165, 1.54) is 7.11 Å². The van der Waals surface area contributed by atoms with E-state index in [4.69, 9.17) is 5.73 Å². The molecule has 0 aromatic heterocycles. The maximum absolute atomic E-state index is 11.2. The molecule has 13 heavy (non-hydrogen) atoms. The van der Waals surface area contributed by atoms with Gasteiger partial charge in [-0.3, -0.25) is 4.79 Å². The second-order valence-electron chi connectivity index (χ2n) is 3.90. The zero-order chi connectivity index (χ0) is 9.57. The van der Waals surface area contributed by atoms with Gasteiger partial charge in [-0.2, -0.15) is 0 Å². The monoisotopic (exact) mass is 209 g/mol. The molecule has 0 amide bonds. The molecular formula is C8H16ClNO3. The average Bonchev–Trinajstić information content (AvgIpc) is 2.03. The van der Waals surface area contributed by atoms with Gasteiger partial charge in [-0.05, 0) is 0 Å². The van der Waals surface area contributed by atoms with Gasteiger partial charge in [0.1, 0.15) is 5.54 Å². The van der Waals surface area contributed by atoms with Crippen molar-refractivity contribution in [3.8, 4) is 0 Å². The first kappa shape index (κ1) is 12.7. The second-order valence-corrected chi connectivity index (χ2v) is 3.90. The Bertz CT molecular complexity index is 219. The molecule has 4 nitrogen and oxygen atoms in total. The predicted molar refractivity (Wildman–Crippen MR) is 50.6 cm³/mol. The Morgan fingerprint density at radius 3 is 2.31 bits per heavy atom. The number of aliphatic hydroxyl groups excluding tert-OH is 1. The summed E-state index contributed by atoms with van der Waals surface area (Å²) >= 11 is 0. The van der Waals surface area contributed by atoms with Gasteiger partial charge >= 0.3 is 5.97 Å². The highest BCUT2D eigenvalue weighted by Crippen LogP contribution is 2.48. The zero-order valence-electron chi connectivity index (χ0n) is 8.03. The van der Waals surface area contributed by atoms with E-state index in [2.05, 4.69) is 4.74 Å². The van der Waals surface area contributed by atoms with Crippen molar-refractivity contribution < 1.29 is 14.6 Å². The van der Waals surface area contributed by atoms with E-state index in [0.29, 0.717) is 0 Å². The summed E-state index contributed by atoms with van der Waals surface area (Å²) < 4.78 is 4.57. The van der Waals surface area contributed by atoms with E-state index in [9.17, 15) is 9.90 Å². The van der Waals surface area contributed by atoms with E-state index in [1.807, 2.05) is 0 Å². The molecule has 0 unspecified atom stereocenters. The SMILES string of the molecule is COC(=O)[C@@]1(N)C[C@H](O)C1(C)C.Cl. The van der Waals surface area contributed by atoms with Crippen LogP contribution in [0.2, 0.25) is 0 Å². The van der Waals surface area contributed by atoms with Crippen LogP contribution < -0.4 is 5.73 Å². The Morgan fingerprint density at radius 2 is 2.08 bits per heavy atom. The molecule has 0 aliphatic heterocycles. The van der Waals surface area contributed by atoms with Crippen LogP contribution in [-0.2, 0) is 9.53 Å². The summed E-state index contributed by atoms with van der Waals surface area (Å²) in [5.74, 6) is -0.446. The Kier molecular flexibility index (Phi) is 3.36. The van der Waals surface area contributed by atoms with E-state index >= 15 is 0 Å². The topological polar surface area (TPSA) is 72.5 Å². The first-order valence-electron chi connectivity index (χ1n) is 3.91. The fourth-order valence-electron chi connectivity index (χ4n) is 1.52. The lowest BCUT2D eigenvalue weighted by Crippen LogP contribution is -2.73. The maximum Gasteiger partial charge on any atom is 0.326 e. The lowest BCUT2D eigenvalue weighted by atomic mass is 9.55. The van der Waals surface area contributed by atoms with Crippen molar-refractivity contribution in [1.82, 2.24) is 0 Å². The quantitative estimate of drug-likeness (QED) is 0.600. The standard InChI is InChI=1S/C8H15NO3.ClH/c1-7(2)5(10)4-8(7,9)6(11)12-3;/h5,10H,4,9H2,1-3H3;1H/t5-,8-;/m0./s1. The summed E-state index contributed by atoms with van der Waals surface area (Å²) in [4.78, 5) is 11.2. The van der Waals surface area contributed by atoms with Crippen molar-refractivity contribution in [1.29, 1.82) is 0 Å². The molecule has 5 heteroatoms. The lowest BCUT2D eigenvalue weighted by Gasteiger charge is -2.54. The Labute approximate surface area is 83.9 Å².